The summed E-state index contributed by atoms with van der Waals surface area (Å²) in [6.07, 6.45) is 3.97. The molecule has 3 amide bonds. The third-order valence-corrected chi connectivity index (χ3v) is 7.73. The van der Waals surface area contributed by atoms with Crippen molar-refractivity contribution in [3.8, 4) is 0 Å². The van der Waals surface area contributed by atoms with Crippen LogP contribution in [0.25, 0.3) is 0 Å². The molecule has 8 heteroatoms. The van der Waals surface area contributed by atoms with Crippen molar-refractivity contribution in [1.82, 2.24) is 24.9 Å². The lowest BCUT2D eigenvalue weighted by molar-refractivity contribution is -0.126. The van der Waals surface area contributed by atoms with Crippen molar-refractivity contribution in [2.45, 2.75) is 31.7 Å². The zero-order valence-electron chi connectivity index (χ0n) is 18.1. The molecule has 0 saturated carbocycles. The number of urea groups is 1. The van der Waals surface area contributed by atoms with E-state index in [0.29, 0.717) is 13.1 Å². The number of amides is 3. The number of hydrogen-bond acceptors (Lipinski definition) is 5. The van der Waals surface area contributed by atoms with Gasteiger partial charge < -0.3 is 20.0 Å². The Hall–Kier alpha value is -1.64. The topological polar surface area (TPSA) is 59.1 Å². The Morgan fingerprint density at radius 2 is 1.80 bits per heavy atom. The number of likely N-dealkylation sites (tertiary alicyclic amines) is 2. The minimum atomic E-state index is -0.0956. The average Bonchev–Trinajstić information content (AvgIpc) is 3.49. The molecule has 0 radical (unpaired) electrons. The standard InChI is InChI=1S/C22H35N5O2S/c1-24-11-13-25(14-12-24)19(20-7-5-15-30-20)16-23-21(28)18-6-4-10-27(17-18)22(29)26-8-2-3-9-26/h5,7,15,18-19H,2-4,6,8-14,16-17H2,1H3,(H,23,28)/t18-,19+/m1/s1. The van der Waals surface area contributed by atoms with E-state index in [2.05, 4.69) is 39.7 Å². The van der Waals surface area contributed by atoms with Crippen molar-refractivity contribution in [3.63, 3.8) is 0 Å². The van der Waals surface area contributed by atoms with E-state index >= 15 is 0 Å². The Morgan fingerprint density at radius 1 is 1.07 bits per heavy atom. The maximum Gasteiger partial charge on any atom is 0.320 e. The van der Waals surface area contributed by atoms with Crippen LogP contribution in [0.3, 0.4) is 0 Å². The minimum absolute atomic E-state index is 0.0956. The van der Waals surface area contributed by atoms with Gasteiger partial charge in [0.1, 0.15) is 0 Å². The van der Waals surface area contributed by atoms with Crippen LogP contribution in [-0.4, -0.2) is 97.5 Å². The van der Waals surface area contributed by atoms with Crippen molar-refractivity contribution in [1.29, 1.82) is 0 Å². The van der Waals surface area contributed by atoms with Gasteiger partial charge in [0.05, 0.1) is 12.0 Å². The van der Waals surface area contributed by atoms with E-state index in [1.54, 1.807) is 11.3 Å². The number of rotatable bonds is 5. The molecule has 4 rings (SSSR count). The summed E-state index contributed by atoms with van der Waals surface area (Å²) in [5.41, 5.74) is 0. The monoisotopic (exact) mass is 433 g/mol. The normalized spacial score (nSPS) is 24.8. The van der Waals surface area contributed by atoms with Gasteiger partial charge in [-0.2, -0.15) is 0 Å². The van der Waals surface area contributed by atoms with Crippen LogP contribution in [0, 0.1) is 5.92 Å². The number of hydrogen-bond donors (Lipinski definition) is 1. The molecule has 3 aliphatic rings. The fourth-order valence-electron chi connectivity index (χ4n) is 4.84. The minimum Gasteiger partial charge on any atom is -0.354 e. The molecule has 1 aromatic heterocycles. The van der Waals surface area contributed by atoms with Crippen LogP contribution in [0.4, 0.5) is 4.79 Å². The highest BCUT2D eigenvalue weighted by Crippen LogP contribution is 2.26. The number of nitrogens with one attached hydrogen (secondary N) is 1. The van der Waals surface area contributed by atoms with E-state index in [1.165, 1.54) is 4.88 Å². The summed E-state index contributed by atoms with van der Waals surface area (Å²) in [6.45, 7) is 7.86. The van der Waals surface area contributed by atoms with Gasteiger partial charge in [-0.05, 0) is 44.2 Å². The van der Waals surface area contributed by atoms with Crippen molar-refractivity contribution in [2.75, 3.05) is 66.0 Å². The van der Waals surface area contributed by atoms with Crippen LogP contribution < -0.4 is 5.32 Å². The molecule has 0 bridgehead atoms. The van der Waals surface area contributed by atoms with Crippen molar-refractivity contribution < 1.29 is 9.59 Å². The number of piperidine rings is 1. The first-order valence-electron chi connectivity index (χ1n) is 11.4. The second-order valence-corrected chi connectivity index (χ2v) is 9.86. The molecule has 0 unspecified atom stereocenters. The summed E-state index contributed by atoms with van der Waals surface area (Å²) in [4.78, 5) is 35.8. The maximum absolute atomic E-state index is 13.0. The zero-order chi connectivity index (χ0) is 20.9. The molecule has 7 nitrogen and oxygen atoms in total. The Bertz CT molecular complexity index is 698. The number of carbonyl (C=O) groups is 2. The predicted molar refractivity (Wildman–Crippen MR) is 120 cm³/mol. The van der Waals surface area contributed by atoms with Gasteiger partial charge in [0, 0.05) is 63.8 Å². The molecule has 30 heavy (non-hydrogen) atoms. The highest BCUT2D eigenvalue weighted by Gasteiger charge is 2.32. The van der Waals surface area contributed by atoms with Crippen LogP contribution in [0.1, 0.15) is 36.6 Å². The molecule has 1 N–H and O–H groups in total. The van der Waals surface area contributed by atoms with Gasteiger partial charge in [-0.25, -0.2) is 4.79 Å². The van der Waals surface area contributed by atoms with Crippen molar-refractivity contribution in [3.05, 3.63) is 22.4 Å². The molecule has 0 aromatic carbocycles. The van der Waals surface area contributed by atoms with Gasteiger partial charge in [-0.15, -0.1) is 11.3 Å². The van der Waals surface area contributed by atoms with Gasteiger partial charge in [0.15, 0.2) is 0 Å². The average molecular weight is 434 g/mol. The van der Waals surface area contributed by atoms with Gasteiger partial charge in [0.2, 0.25) is 5.91 Å². The zero-order valence-corrected chi connectivity index (χ0v) is 18.9. The summed E-state index contributed by atoms with van der Waals surface area (Å²) in [5, 5.41) is 5.35. The van der Waals surface area contributed by atoms with Crippen LogP contribution in [0.5, 0.6) is 0 Å². The highest BCUT2D eigenvalue weighted by molar-refractivity contribution is 7.10. The molecular weight excluding hydrogens is 398 g/mol. The third-order valence-electron chi connectivity index (χ3n) is 6.76. The van der Waals surface area contributed by atoms with Crippen LogP contribution in [-0.2, 0) is 4.79 Å². The molecule has 166 valence electrons. The summed E-state index contributed by atoms with van der Waals surface area (Å²) < 4.78 is 0. The van der Waals surface area contributed by atoms with E-state index in [0.717, 1.165) is 71.5 Å². The summed E-state index contributed by atoms with van der Waals surface area (Å²) in [7, 11) is 2.16. The first-order chi connectivity index (χ1) is 14.6. The van der Waals surface area contributed by atoms with Gasteiger partial charge in [0.25, 0.3) is 0 Å². The Kier molecular flexibility index (Phi) is 7.28. The lowest BCUT2D eigenvalue weighted by Gasteiger charge is -2.38. The van der Waals surface area contributed by atoms with Crippen molar-refractivity contribution in [2.24, 2.45) is 5.92 Å². The van der Waals surface area contributed by atoms with E-state index in [-0.39, 0.29) is 23.9 Å². The number of thiophene rings is 1. The van der Waals surface area contributed by atoms with Crippen molar-refractivity contribution >= 4 is 23.3 Å². The molecule has 0 spiro atoms. The molecule has 3 aliphatic heterocycles. The summed E-state index contributed by atoms with van der Waals surface area (Å²) >= 11 is 1.77. The fourth-order valence-corrected chi connectivity index (χ4v) is 5.70. The largest absolute Gasteiger partial charge is 0.354 e. The number of nitrogens with zero attached hydrogens (tertiary/aromatic N) is 4. The number of piperazine rings is 1. The Labute approximate surface area is 184 Å². The molecule has 3 saturated heterocycles. The van der Waals surface area contributed by atoms with Gasteiger partial charge in [-0.3, -0.25) is 9.69 Å². The lowest BCUT2D eigenvalue weighted by Crippen LogP contribution is -2.51. The molecule has 4 heterocycles. The first kappa shape index (κ1) is 21.6. The Balaban J connectivity index is 1.33. The Morgan fingerprint density at radius 3 is 2.50 bits per heavy atom. The maximum atomic E-state index is 13.0. The van der Waals surface area contributed by atoms with E-state index < -0.39 is 0 Å². The van der Waals surface area contributed by atoms with Crippen LogP contribution >= 0.6 is 11.3 Å². The number of carbonyl (C=O) groups excluding carboxylic acids is 2. The molecule has 3 fully saturated rings. The molecule has 1 aromatic rings. The smallest absolute Gasteiger partial charge is 0.320 e. The highest BCUT2D eigenvalue weighted by atomic mass is 32.1. The van der Waals surface area contributed by atoms with Crippen LogP contribution in [0.2, 0.25) is 0 Å². The van der Waals surface area contributed by atoms with Gasteiger partial charge in [-0.1, -0.05) is 6.07 Å². The summed E-state index contributed by atoms with van der Waals surface area (Å²) in [5.74, 6) is 0.00591. The quantitative estimate of drug-likeness (QED) is 0.773. The lowest BCUT2D eigenvalue weighted by atomic mass is 9.97. The second kappa shape index (κ2) is 10.1. The van der Waals surface area contributed by atoms with Gasteiger partial charge >= 0.3 is 6.03 Å². The fraction of sp³-hybridized carbons (Fsp3) is 0.727. The number of likely N-dealkylation sites (N-methyl/N-ethyl adjacent to an activating group) is 1. The molecular formula is C22H35N5O2S. The molecule has 0 aliphatic carbocycles. The molecule has 2 atom stereocenters. The van der Waals surface area contributed by atoms with E-state index in [9.17, 15) is 9.59 Å². The first-order valence-corrected chi connectivity index (χ1v) is 12.3. The predicted octanol–water partition coefficient (Wildman–Crippen LogP) is 2.08. The summed E-state index contributed by atoms with van der Waals surface area (Å²) in [6, 6.07) is 4.62. The van der Waals surface area contributed by atoms with E-state index in [4.69, 9.17) is 0 Å². The second-order valence-electron chi connectivity index (χ2n) is 8.88. The third kappa shape index (κ3) is 5.15. The SMILES string of the molecule is CN1CCN([C@@H](CNC(=O)[C@@H]2CCCN(C(=O)N3CCCC3)C2)c2cccs2)CC1. The van der Waals surface area contributed by atoms with Crippen LogP contribution in [0.15, 0.2) is 17.5 Å². The van der Waals surface area contributed by atoms with E-state index in [1.807, 2.05) is 9.80 Å².